The molecule has 1 aromatic rings. The summed E-state index contributed by atoms with van der Waals surface area (Å²) in [5, 5.41) is 16.6. The van der Waals surface area contributed by atoms with Crippen molar-refractivity contribution in [3.05, 3.63) is 33.3 Å². The summed E-state index contributed by atoms with van der Waals surface area (Å²) >= 11 is 7.41. The zero-order valence-corrected chi connectivity index (χ0v) is 11.5. The Bertz CT molecular complexity index is 506. The van der Waals surface area contributed by atoms with Gasteiger partial charge in [0.15, 0.2) is 0 Å². The van der Waals surface area contributed by atoms with E-state index in [2.05, 4.69) is 10.6 Å². The number of rotatable bonds is 3. The minimum atomic E-state index is -0.577. The largest absolute Gasteiger partial charge is 0.324 e. The molecule has 1 aliphatic heterocycles. The maximum atomic E-state index is 11.9. The average Bonchev–Trinajstić information content (AvgIpc) is 2.41. The quantitative estimate of drug-likeness (QED) is 0.658. The van der Waals surface area contributed by atoms with E-state index in [-0.39, 0.29) is 22.7 Å². The van der Waals surface area contributed by atoms with Crippen molar-refractivity contribution in [1.82, 2.24) is 5.32 Å². The minimum absolute atomic E-state index is 0.0503. The van der Waals surface area contributed by atoms with Crippen LogP contribution >= 0.6 is 23.4 Å². The first kappa shape index (κ1) is 14.1. The van der Waals surface area contributed by atoms with Crippen LogP contribution in [0.3, 0.4) is 0 Å². The Morgan fingerprint density at radius 2 is 2.37 bits per heavy atom. The maximum Gasteiger partial charge on any atom is 0.289 e. The zero-order chi connectivity index (χ0) is 13.8. The van der Waals surface area contributed by atoms with E-state index in [0.717, 1.165) is 12.3 Å². The van der Waals surface area contributed by atoms with Crippen molar-refractivity contribution < 1.29 is 9.72 Å². The van der Waals surface area contributed by atoms with E-state index in [1.54, 1.807) is 17.8 Å². The molecule has 0 radical (unpaired) electrons. The highest BCUT2D eigenvalue weighted by Crippen LogP contribution is 2.27. The molecule has 1 fully saturated rings. The molecule has 8 heteroatoms. The van der Waals surface area contributed by atoms with Crippen LogP contribution in [-0.4, -0.2) is 34.9 Å². The third kappa shape index (κ3) is 3.59. The molecule has 6 nitrogen and oxygen atoms in total. The van der Waals surface area contributed by atoms with Crippen LogP contribution in [0, 0.1) is 10.1 Å². The Balaban J connectivity index is 2.08. The van der Waals surface area contributed by atoms with Crippen molar-refractivity contribution >= 4 is 40.6 Å². The number of hydrogen-bond donors (Lipinski definition) is 2. The van der Waals surface area contributed by atoms with Crippen molar-refractivity contribution in [2.24, 2.45) is 0 Å². The first-order valence-corrected chi connectivity index (χ1v) is 7.17. The lowest BCUT2D eigenvalue weighted by Gasteiger charge is -2.22. The number of hydrogen-bond acceptors (Lipinski definition) is 5. The first-order valence-electron chi connectivity index (χ1n) is 5.64. The molecule has 0 saturated carbocycles. The predicted molar refractivity (Wildman–Crippen MR) is 75.9 cm³/mol. The number of thioether (sulfide) groups is 1. The fraction of sp³-hybridized carbons (Fsp3) is 0.364. The molecule has 102 valence electrons. The summed E-state index contributed by atoms with van der Waals surface area (Å²) in [6.45, 7) is 0.781. The van der Waals surface area contributed by atoms with E-state index in [1.165, 1.54) is 12.1 Å². The van der Waals surface area contributed by atoms with Gasteiger partial charge in [0.2, 0.25) is 5.91 Å². The highest BCUT2D eigenvalue weighted by molar-refractivity contribution is 7.99. The minimum Gasteiger partial charge on any atom is -0.324 e. The maximum absolute atomic E-state index is 11.9. The van der Waals surface area contributed by atoms with Crippen molar-refractivity contribution in [2.45, 2.75) is 6.04 Å². The Morgan fingerprint density at radius 1 is 1.58 bits per heavy atom. The van der Waals surface area contributed by atoms with Crippen LogP contribution in [0.5, 0.6) is 0 Å². The number of anilines is 1. The molecule has 1 heterocycles. The van der Waals surface area contributed by atoms with Gasteiger partial charge in [-0.2, -0.15) is 11.8 Å². The lowest BCUT2D eigenvalue weighted by atomic mass is 10.2. The molecule has 2 N–H and O–H groups in total. The van der Waals surface area contributed by atoms with Crippen LogP contribution in [0.25, 0.3) is 0 Å². The molecular formula is C11H12ClN3O3S. The number of nitrogens with zero attached hydrogens (tertiary/aromatic N) is 1. The van der Waals surface area contributed by atoms with Gasteiger partial charge in [0.05, 0.1) is 11.0 Å². The van der Waals surface area contributed by atoms with Crippen LogP contribution < -0.4 is 10.6 Å². The third-order valence-corrected chi connectivity index (χ3v) is 4.03. The van der Waals surface area contributed by atoms with Gasteiger partial charge in [-0.25, -0.2) is 0 Å². The van der Waals surface area contributed by atoms with Crippen LogP contribution in [0.15, 0.2) is 18.2 Å². The second-order valence-corrected chi connectivity index (χ2v) is 5.55. The molecule has 1 saturated heterocycles. The second kappa shape index (κ2) is 6.23. The van der Waals surface area contributed by atoms with Gasteiger partial charge in [0.1, 0.15) is 5.02 Å². The summed E-state index contributed by atoms with van der Waals surface area (Å²) in [5.74, 6) is 1.49. The van der Waals surface area contributed by atoms with E-state index in [9.17, 15) is 14.9 Å². The number of carbonyl (C=O) groups is 1. The van der Waals surface area contributed by atoms with E-state index in [0.29, 0.717) is 11.4 Å². The van der Waals surface area contributed by atoms with E-state index >= 15 is 0 Å². The van der Waals surface area contributed by atoms with Gasteiger partial charge in [-0.3, -0.25) is 14.9 Å². The van der Waals surface area contributed by atoms with E-state index in [1.807, 2.05) is 0 Å². The van der Waals surface area contributed by atoms with Gasteiger partial charge in [0, 0.05) is 29.8 Å². The lowest BCUT2D eigenvalue weighted by Crippen LogP contribution is -2.46. The third-order valence-electron chi connectivity index (χ3n) is 2.65. The molecule has 1 aromatic carbocycles. The van der Waals surface area contributed by atoms with Crippen molar-refractivity contribution in [3.8, 4) is 0 Å². The van der Waals surface area contributed by atoms with Crippen LogP contribution in [-0.2, 0) is 4.79 Å². The highest BCUT2D eigenvalue weighted by atomic mass is 35.5. The van der Waals surface area contributed by atoms with Gasteiger partial charge in [-0.05, 0) is 12.1 Å². The molecule has 19 heavy (non-hydrogen) atoms. The number of carbonyl (C=O) groups excluding carboxylic acids is 1. The molecule has 0 aromatic heterocycles. The molecule has 1 aliphatic rings. The van der Waals surface area contributed by atoms with Crippen molar-refractivity contribution in [3.63, 3.8) is 0 Å². The summed E-state index contributed by atoms with van der Waals surface area (Å²) in [4.78, 5) is 22.1. The molecular weight excluding hydrogens is 290 g/mol. The number of nitro benzene ring substituents is 1. The topological polar surface area (TPSA) is 84.3 Å². The van der Waals surface area contributed by atoms with Gasteiger partial charge < -0.3 is 10.6 Å². The number of halogens is 1. The van der Waals surface area contributed by atoms with E-state index in [4.69, 9.17) is 11.6 Å². The van der Waals surface area contributed by atoms with Crippen molar-refractivity contribution in [2.75, 3.05) is 23.4 Å². The zero-order valence-electron chi connectivity index (χ0n) is 9.89. The molecule has 2 rings (SSSR count). The Labute approximate surface area is 119 Å². The van der Waals surface area contributed by atoms with E-state index < -0.39 is 4.92 Å². The number of amides is 1. The Hall–Kier alpha value is -1.31. The summed E-state index contributed by atoms with van der Waals surface area (Å²) < 4.78 is 0. The van der Waals surface area contributed by atoms with Gasteiger partial charge in [-0.1, -0.05) is 11.6 Å². The average molecular weight is 302 g/mol. The monoisotopic (exact) mass is 301 g/mol. The molecule has 0 spiro atoms. The summed E-state index contributed by atoms with van der Waals surface area (Å²) in [5.41, 5.74) is 0.156. The Kier molecular flexibility index (Phi) is 4.62. The smallest absolute Gasteiger partial charge is 0.289 e. The number of nitro groups is 1. The molecule has 0 bridgehead atoms. The number of nitrogens with one attached hydrogen (secondary N) is 2. The lowest BCUT2D eigenvalue weighted by molar-refractivity contribution is -0.384. The van der Waals surface area contributed by atoms with Crippen LogP contribution in [0.2, 0.25) is 5.02 Å². The molecule has 0 aliphatic carbocycles. The highest BCUT2D eigenvalue weighted by Gasteiger charge is 2.21. The fourth-order valence-electron chi connectivity index (χ4n) is 1.69. The predicted octanol–water partition coefficient (Wildman–Crippen LogP) is 1.89. The van der Waals surface area contributed by atoms with Crippen LogP contribution in [0.4, 0.5) is 11.4 Å². The SMILES string of the molecule is O=C(Nc1ccc(Cl)c([N+](=O)[O-])c1)C1CSCCN1. The summed E-state index contributed by atoms with van der Waals surface area (Å²) in [6.07, 6.45) is 0. The van der Waals surface area contributed by atoms with Crippen molar-refractivity contribution in [1.29, 1.82) is 0 Å². The first-order chi connectivity index (χ1) is 9.08. The summed E-state index contributed by atoms with van der Waals surface area (Å²) in [7, 11) is 0. The molecule has 1 amide bonds. The van der Waals surface area contributed by atoms with Gasteiger partial charge in [-0.15, -0.1) is 0 Å². The second-order valence-electron chi connectivity index (χ2n) is 3.99. The standard InChI is InChI=1S/C11H12ClN3O3S/c12-8-2-1-7(5-10(8)15(17)18)14-11(16)9-6-19-4-3-13-9/h1-2,5,9,13H,3-4,6H2,(H,14,16). The molecule has 1 atom stereocenters. The molecule has 1 unspecified atom stereocenters. The van der Waals surface area contributed by atoms with Gasteiger partial charge in [0.25, 0.3) is 5.69 Å². The summed E-state index contributed by atoms with van der Waals surface area (Å²) in [6, 6.07) is 3.94. The fourth-order valence-corrected chi connectivity index (χ4v) is 2.81. The van der Waals surface area contributed by atoms with Crippen LogP contribution in [0.1, 0.15) is 0 Å². The normalized spacial score (nSPS) is 18.9. The van der Waals surface area contributed by atoms with Gasteiger partial charge >= 0.3 is 0 Å². The Morgan fingerprint density at radius 3 is 3.00 bits per heavy atom. The number of benzene rings is 1.